The SMILES string of the molecule is CC(Cc1ccsc1)NC(=O)C1CCC(=O)NC1. The normalized spacial score (nSPS) is 21.2. The molecule has 0 saturated carbocycles. The zero-order valence-corrected chi connectivity index (χ0v) is 11.3. The molecule has 1 aromatic heterocycles. The van der Waals surface area contributed by atoms with E-state index >= 15 is 0 Å². The summed E-state index contributed by atoms with van der Waals surface area (Å²) in [4.78, 5) is 23.0. The highest BCUT2D eigenvalue weighted by Gasteiger charge is 2.25. The lowest BCUT2D eigenvalue weighted by molar-refractivity contribution is -0.129. The summed E-state index contributed by atoms with van der Waals surface area (Å²) in [6, 6.07) is 2.21. The molecule has 5 heteroatoms. The van der Waals surface area contributed by atoms with Gasteiger partial charge in [0, 0.05) is 19.0 Å². The van der Waals surface area contributed by atoms with E-state index in [0.29, 0.717) is 19.4 Å². The minimum Gasteiger partial charge on any atom is -0.355 e. The first-order valence-electron chi connectivity index (χ1n) is 6.23. The minimum absolute atomic E-state index is 0.0466. The molecule has 0 radical (unpaired) electrons. The molecule has 2 rings (SSSR count). The number of hydrogen-bond acceptors (Lipinski definition) is 3. The van der Waals surface area contributed by atoms with Crippen molar-refractivity contribution in [1.82, 2.24) is 10.6 Å². The van der Waals surface area contributed by atoms with Crippen LogP contribution in [0.2, 0.25) is 0 Å². The molecule has 1 fully saturated rings. The predicted octanol–water partition coefficient (Wildman–Crippen LogP) is 1.32. The highest BCUT2D eigenvalue weighted by Crippen LogP contribution is 2.12. The second kappa shape index (κ2) is 6.00. The number of thiophene rings is 1. The largest absolute Gasteiger partial charge is 0.355 e. The molecule has 0 aromatic carbocycles. The molecule has 1 aliphatic heterocycles. The molecule has 2 amide bonds. The lowest BCUT2D eigenvalue weighted by Crippen LogP contribution is -2.45. The molecular weight excluding hydrogens is 248 g/mol. The van der Waals surface area contributed by atoms with Gasteiger partial charge in [-0.25, -0.2) is 0 Å². The van der Waals surface area contributed by atoms with Crippen LogP contribution < -0.4 is 10.6 Å². The average molecular weight is 266 g/mol. The van der Waals surface area contributed by atoms with Gasteiger partial charge in [-0.1, -0.05) is 0 Å². The van der Waals surface area contributed by atoms with Gasteiger partial charge in [-0.05, 0) is 42.2 Å². The van der Waals surface area contributed by atoms with Crippen LogP contribution >= 0.6 is 11.3 Å². The van der Waals surface area contributed by atoms with Gasteiger partial charge in [-0.3, -0.25) is 9.59 Å². The number of carbonyl (C=O) groups is 2. The van der Waals surface area contributed by atoms with Crippen LogP contribution in [0.25, 0.3) is 0 Å². The fourth-order valence-electron chi connectivity index (χ4n) is 2.13. The van der Waals surface area contributed by atoms with Gasteiger partial charge in [-0.2, -0.15) is 11.3 Å². The van der Waals surface area contributed by atoms with Crippen LogP contribution in [-0.2, 0) is 16.0 Å². The Hall–Kier alpha value is -1.36. The summed E-state index contributed by atoms with van der Waals surface area (Å²) in [5.74, 6) is 0.0238. The monoisotopic (exact) mass is 266 g/mol. The molecule has 2 atom stereocenters. The Morgan fingerprint density at radius 3 is 3.11 bits per heavy atom. The van der Waals surface area contributed by atoms with Crippen LogP contribution in [-0.4, -0.2) is 24.4 Å². The average Bonchev–Trinajstić information content (AvgIpc) is 2.82. The maximum absolute atomic E-state index is 12.0. The lowest BCUT2D eigenvalue weighted by atomic mass is 9.97. The van der Waals surface area contributed by atoms with E-state index in [1.807, 2.05) is 12.3 Å². The smallest absolute Gasteiger partial charge is 0.225 e. The van der Waals surface area contributed by atoms with Crippen molar-refractivity contribution < 1.29 is 9.59 Å². The van der Waals surface area contributed by atoms with Crippen molar-refractivity contribution in [1.29, 1.82) is 0 Å². The quantitative estimate of drug-likeness (QED) is 0.863. The Bertz CT molecular complexity index is 407. The van der Waals surface area contributed by atoms with E-state index in [-0.39, 0.29) is 23.8 Å². The van der Waals surface area contributed by atoms with Crippen LogP contribution in [0.4, 0.5) is 0 Å². The second-order valence-corrected chi connectivity index (χ2v) is 5.57. The van der Waals surface area contributed by atoms with Crippen molar-refractivity contribution in [2.24, 2.45) is 5.92 Å². The minimum atomic E-state index is -0.0763. The van der Waals surface area contributed by atoms with E-state index in [2.05, 4.69) is 22.1 Å². The van der Waals surface area contributed by atoms with Crippen molar-refractivity contribution in [3.05, 3.63) is 22.4 Å². The Balaban J connectivity index is 1.78. The molecule has 0 spiro atoms. The van der Waals surface area contributed by atoms with Gasteiger partial charge >= 0.3 is 0 Å². The van der Waals surface area contributed by atoms with Gasteiger partial charge < -0.3 is 10.6 Å². The van der Waals surface area contributed by atoms with E-state index in [1.54, 1.807) is 11.3 Å². The number of rotatable bonds is 4. The number of piperidine rings is 1. The summed E-state index contributed by atoms with van der Waals surface area (Å²) in [7, 11) is 0. The second-order valence-electron chi connectivity index (χ2n) is 4.79. The molecule has 4 nitrogen and oxygen atoms in total. The summed E-state index contributed by atoms with van der Waals surface area (Å²) < 4.78 is 0. The summed E-state index contributed by atoms with van der Waals surface area (Å²) in [5, 5.41) is 9.89. The van der Waals surface area contributed by atoms with E-state index < -0.39 is 0 Å². The van der Waals surface area contributed by atoms with Gasteiger partial charge in [-0.15, -0.1) is 0 Å². The van der Waals surface area contributed by atoms with E-state index in [0.717, 1.165) is 6.42 Å². The lowest BCUT2D eigenvalue weighted by Gasteiger charge is -2.23. The Morgan fingerprint density at radius 2 is 2.50 bits per heavy atom. The number of nitrogens with one attached hydrogen (secondary N) is 2. The zero-order chi connectivity index (χ0) is 13.0. The van der Waals surface area contributed by atoms with Crippen molar-refractivity contribution in [3.8, 4) is 0 Å². The van der Waals surface area contributed by atoms with Crippen molar-refractivity contribution in [2.45, 2.75) is 32.2 Å². The van der Waals surface area contributed by atoms with Gasteiger partial charge in [0.05, 0.1) is 5.92 Å². The summed E-state index contributed by atoms with van der Waals surface area (Å²) in [5.41, 5.74) is 1.25. The van der Waals surface area contributed by atoms with E-state index in [4.69, 9.17) is 0 Å². The van der Waals surface area contributed by atoms with Crippen molar-refractivity contribution >= 4 is 23.2 Å². The molecule has 18 heavy (non-hydrogen) atoms. The fourth-order valence-corrected chi connectivity index (χ4v) is 2.81. The first-order chi connectivity index (χ1) is 8.65. The van der Waals surface area contributed by atoms with Crippen LogP contribution in [0.5, 0.6) is 0 Å². The maximum atomic E-state index is 12.0. The summed E-state index contributed by atoms with van der Waals surface area (Å²) in [6.45, 7) is 2.48. The Labute approximate surface area is 111 Å². The number of hydrogen-bond donors (Lipinski definition) is 2. The third-order valence-corrected chi connectivity index (χ3v) is 3.88. The van der Waals surface area contributed by atoms with Crippen molar-refractivity contribution in [2.75, 3.05) is 6.54 Å². The first-order valence-corrected chi connectivity index (χ1v) is 7.17. The molecule has 1 aliphatic rings. The number of amides is 2. The highest BCUT2D eigenvalue weighted by molar-refractivity contribution is 7.07. The zero-order valence-electron chi connectivity index (χ0n) is 10.4. The first kappa shape index (κ1) is 13.1. The highest BCUT2D eigenvalue weighted by atomic mass is 32.1. The number of carbonyl (C=O) groups excluding carboxylic acids is 2. The summed E-state index contributed by atoms with van der Waals surface area (Å²) in [6.07, 6.45) is 1.97. The van der Waals surface area contributed by atoms with Crippen molar-refractivity contribution in [3.63, 3.8) is 0 Å². The van der Waals surface area contributed by atoms with Crippen LogP contribution in [0.3, 0.4) is 0 Å². The van der Waals surface area contributed by atoms with Gasteiger partial charge in [0.25, 0.3) is 0 Å². The fraction of sp³-hybridized carbons (Fsp3) is 0.538. The molecule has 1 aromatic rings. The molecule has 1 saturated heterocycles. The van der Waals surface area contributed by atoms with Gasteiger partial charge in [0.2, 0.25) is 11.8 Å². The molecule has 0 bridgehead atoms. The van der Waals surface area contributed by atoms with E-state index in [1.165, 1.54) is 5.56 Å². The molecule has 2 heterocycles. The third-order valence-electron chi connectivity index (χ3n) is 3.15. The molecule has 0 aliphatic carbocycles. The molecule has 2 N–H and O–H groups in total. The summed E-state index contributed by atoms with van der Waals surface area (Å²) >= 11 is 1.67. The topological polar surface area (TPSA) is 58.2 Å². The molecular formula is C13H18N2O2S. The molecule has 98 valence electrons. The third kappa shape index (κ3) is 3.57. The van der Waals surface area contributed by atoms with Crippen LogP contribution in [0, 0.1) is 5.92 Å². The molecule has 2 unspecified atom stereocenters. The van der Waals surface area contributed by atoms with Gasteiger partial charge in [0.1, 0.15) is 0 Å². The van der Waals surface area contributed by atoms with E-state index in [9.17, 15) is 9.59 Å². The maximum Gasteiger partial charge on any atom is 0.225 e. The van der Waals surface area contributed by atoms with Crippen LogP contribution in [0.15, 0.2) is 16.8 Å². The van der Waals surface area contributed by atoms with Gasteiger partial charge in [0.15, 0.2) is 0 Å². The Morgan fingerprint density at radius 1 is 1.67 bits per heavy atom. The predicted molar refractivity (Wildman–Crippen MR) is 71.4 cm³/mol. The Kier molecular flexibility index (Phi) is 4.36. The standard InChI is InChI=1S/C13H18N2O2S/c1-9(6-10-4-5-18-8-10)15-13(17)11-2-3-12(16)14-7-11/h4-5,8-9,11H,2-3,6-7H2,1H3,(H,14,16)(H,15,17). The van der Waals surface area contributed by atoms with Crippen LogP contribution in [0.1, 0.15) is 25.3 Å².